The lowest BCUT2D eigenvalue weighted by Crippen LogP contribution is -2.19. The second kappa shape index (κ2) is 7.75. The minimum Gasteiger partial charge on any atom is -0.495 e. The summed E-state index contributed by atoms with van der Waals surface area (Å²) in [7, 11) is 1.51. The zero-order valence-corrected chi connectivity index (χ0v) is 12.4. The molecule has 2 atom stereocenters. The number of carbonyl (C=O) groups is 1. The summed E-state index contributed by atoms with van der Waals surface area (Å²) in [6, 6.07) is 4.85. The minimum atomic E-state index is -1.03. The van der Waals surface area contributed by atoms with E-state index in [1.807, 2.05) is 0 Å². The van der Waals surface area contributed by atoms with Crippen molar-refractivity contribution in [3.05, 3.63) is 28.8 Å². The molecule has 19 heavy (non-hydrogen) atoms. The van der Waals surface area contributed by atoms with Crippen LogP contribution >= 0.6 is 23.4 Å². The SMILES string of the molecule is COc1ccc(C(O)C(O)CCSC(C)=O)cc1Cl. The van der Waals surface area contributed by atoms with Gasteiger partial charge in [0.15, 0.2) is 5.12 Å². The Balaban J connectivity index is 2.63. The van der Waals surface area contributed by atoms with E-state index in [9.17, 15) is 15.0 Å². The molecule has 0 aromatic heterocycles. The summed E-state index contributed by atoms with van der Waals surface area (Å²) in [4.78, 5) is 10.8. The molecule has 106 valence electrons. The fourth-order valence-corrected chi connectivity index (χ4v) is 2.48. The molecule has 2 N–H and O–H groups in total. The molecule has 0 saturated carbocycles. The smallest absolute Gasteiger partial charge is 0.185 e. The lowest BCUT2D eigenvalue weighted by molar-refractivity contribution is -0.109. The monoisotopic (exact) mass is 304 g/mol. The highest BCUT2D eigenvalue weighted by Gasteiger charge is 2.19. The first-order chi connectivity index (χ1) is 8.95. The Morgan fingerprint density at radius 2 is 2.16 bits per heavy atom. The molecular weight excluding hydrogens is 288 g/mol. The van der Waals surface area contributed by atoms with Gasteiger partial charge in [-0.1, -0.05) is 29.4 Å². The number of benzene rings is 1. The molecular formula is C13H17ClO4S. The third-order valence-electron chi connectivity index (χ3n) is 2.60. The summed E-state index contributed by atoms with van der Waals surface area (Å²) in [5.41, 5.74) is 0.520. The van der Waals surface area contributed by atoms with Gasteiger partial charge in [0.25, 0.3) is 0 Å². The van der Waals surface area contributed by atoms with Gasteiger partial charge in [-0.2, -0.15) is 0 Å². The van der Waals surface area contributed by atoms with E-state index >= 15 is 0 Å². The van der Waals surface area contributed by atoms with Crippen molar-refractivity contribution in [1.82, 2.24) is 0 Å². The average Bonchev–Trinajstić information content (AvgIpc) is 2.37. The number of aliphatic hydroxyl groups excluding tert-OH is 2. The van der Waals surface area contributed by atoms with Crippen molar-refractivity contribution < 1.29 is 19.7 Å². The van der Waals surface area contributed by atoms with Crippen LogP contribution in [0.2, 0.25) is 5.02 Å². The van der Waals surface area contributed by atoms with Crippen LogP contribution in [-0.4, -0.2) is 34.3 Å². The first-order valence-electron chi connectivity index (χ1n) is 5.78. The van der Waals surface area contributed by atoms with E-state index in [4.69, 9.17) is 16.3 Å². The van der Waals surface area contributed by atoms with Crippen LogP contribution in [0, 0.1) is 0 Å². The molecule has 0 fully saturated rings. The molecule has 0 amide bonds. The van der Waals surface area contributed by atoms with Crippen molar-refractivity contribution in [2.24, 2.45) is 0 Å². The number of ether oxygens (including phenoxy) is 1. The van der Waals surface area contributed by atoms with Gasteiger partial charge in [-0.25, -0.2) is 0 Å². The molecule has 6 heteroatoms. The van der Waals surface area contributed by atoms with Gasteiger partial charge in [0.1, 0.15) is 11.9 Å². The van der Waals surface area contributed by atoms with Gasteiger partial charge in [0.05, 0.1) is 18.2 Å². The molecule has 0 radical (unpaired) electrons. The van der Waals surface area contributed by atoms with Crippen LogP contribution in [0.3, 0.4) is 0 Å². The number of thioether (sulfide) groups is 1. The van der Waals surface area contributed by atoms with E-state index in [-0.39, 0.29) is 5.12 Å². The molecule has 1 aromatic rings. The molecule has 1 aromatic carbocycles. The Morgan fingerprint density at radius 3 is 2.68 bits per heavy atom. The zero-order chi connectivity index (χ0) is 14.4. The van der Waals surface area contributed by atoms with Crippen LogP contribution in [0.15, 0.2) is 18.2 Å². The van der Waals surface area contributed by atoms with Crippen molar-refractivity contribution >= 4 is 28.5 Å². The fourth-order valence-electron chi connectivity index (χ4n) is 1.57. The van der Waals surface area contributed by atoms with Gasteiger partial charge in [-0.3, -0.25) is 4.79 Å². The standard InChI is InChI=1S/C13H17ClO4S/c1-8(15)19-6-5-11(16)13(17)9-3-4-12(18-2)10(14)7-9/h3-4,7,11,13,16-17H,5-6H2,1-2H3. The largest absolute Gasteiger partial charge is 0.495 e. The molecule has 0 saturated heterocycles. The van der Waals surface area contributed by atoms with E-state index in [1.165, 1.54) is 14.0 Å². The van der Waals surface area contributed by atoms with Crippen LogP contribution in [0.25, 0.3) is 0 Å². The van der Waals surface area contributed by atoms with Crippen LogP contribution in [-0.2, 0) is 4.79 Å². The number of carbonyl (C=O) groups excluding carboxylic acids is 1. The number of aliphatic hydroxyl groups is 2. The summed E-state index contributed by atoms with van der Waals surface area (Å²) < 4.78 is 5.01. The second-order valence-corrected chi connectivity index (χ2v) is 5.71. The second-order valence-electron chi connectivity index (χ2n) is 4.03. The molecule has 0 aliphatic rings. The molecule has 0 aliphatic heterocycles. The van der Waals surface area contributed by atoms with Crippen molar-refractivity contribution in [2.45, 2.75) is 25.6 Å². The molecule has 0 bridgehead atoms. The van der Waals surface area contributed by atoms with E-state index < -0.39 is 12.2 Å². The topological polar surface area (TPSA) is 66.8 Å². The number of hydrogen-bond donors (Lipinski definition) is 2. The number of hydrogen-bond acceptors (Lipinski definition) is 5. The Hall–Kier alpha value is -0.750. The number of rotatable bonds is 6. The normalized spacial score (nSPS) is 13.9. The zero-order valence-electron chi connectivity index (χ0n) is 10.8. The van der Waals surface area contributed by atoms with Crippen molar-refractivity contribution in [3.63, 3.8) is 0 Å². The average molecular weight is 305 g/mol. The Kier molecular flexibility index (Phi) is 6.65. The molecule has 2 unspecified atom stereocenters. The maximum absolute atomic E-state index is 10.8. The maximum Gasteiger partial charge on any atom is 0.185 e. The van der Waals surface area contributed by atoms with E-state index in [0.717, 1.165) is 11.8 Å². The van der Waals surface area contributed by atoms with Gasteiger partial charge in [-0.05, 0) is 24.1 Å². The minimum absolute atomic E-state index is 0.00539. The van der Waals surface area contributed by atoms with Crippen LogP contribution < -0.4 is 4.74 Å². The predicted octanol–water partition coefficient (Wildman–Crippen LogP) is 2.41. The van der Waals surface area contributed by atoms with Gasteiger partial charge in [0.2, 0.25) is 0 Å². The Morgan fingerprint density at radius 1 is 1.47 bits per heavy atom. The summed E-state index contributed by atoms with van der Waals surface area (Å²) in [5.74, 6) is 0.983. The number of methoxy groups -OCH3 is 1. The molecule has 1 rings (SSSR count). The Labute approximate surface area is 121 Å². The maximum atomic E-state index is 10.8. The summed E-state index contributed by atoms with van der Waals surface area (Å²) in [5, 5.41) is 20.2. The van der Waals surface area contributed by atoms with Gasteiger partial charge in [-0.15, -0.1) is 0 Å². The summed E-state index contributed by atoms with van der Waals surface area (Å²) >= 11 is 7.08. The van der Waals surface area contributed by atoms with E-state index in [0.29, 0.717) is 28.5 Å². The highest BCUT2D eigenvalue weighted by Crippen LogP contribution is 2.29. The van der Waals surface area contributed by atoms with E-state index in [1.54, 1.807) is 18.2 Å². The van der Waals surface area contributed by atoms with Crippen molar-refractivity contribution in [3.8, 4) is 5.75 Å². The van der Waals surface area contributed by atoms with Crippen LogP contribution in [0.5, 0.6) is 5.75 Å². The molecule has 0 spiro atoms. The number of halogens is 1. The fraction of sp³-hybridized carbons (Fsp3) is 0.462. The van der Waals surface area contributed by atoms with Gasteiger partial charge < -0.3 is 14.9 Å². The van der Waals surface area contributed by atoms with Crippen LogP contribution in [0.1, 0.15) is 25.0 Å². The van der Waals surface area contributed by atoms with Crippen molar-refractivity contribution in [2.75, 3.05) is 12.9 Å². The first-order valence-corrected chi connectivity index (χ1v) is 7.15. The Bertz CT molecular complexity index is 439. The lowest BCUT2D eigenvalue weighted by Gasteiger charge is -2.18. The first kappa shape index (κ1) is 16.3. The van der Waals surface area contributed by atoms with Gasteiger partial charge in [0, 0.05) is 12.7 Å². The molecule has 0 aliphatic carbocycles. The molecule has 0 heterocycles. The summed E-state index contributed by atoms with van der Waals surface area (Å²) in [6.45, 7) is 1.47. The summed E-state index contributed by atoms with van der Waals surface area (Å²) in [6.07, 6.45) is -1.64. The highest BCUT2D eigenvalue weighted by atomic mass is 35.5. The third-order valence-corrected chi connectivity index (χ3v) is 3.74. The van der Waals surface area contributed by atoms with Crippen molar-refractivity contribution in [1.29, 1.82) is 0 Å². The third kappa shape index (κ3) is 5.03. The lowest BCUT2D eigenvalue weighted by atomic mass is 10.0. The molecule has 4 nitrogen and oxygen atoms in total. The quantitative estimate of drug-likeness (QED) is 0.845. The van der Waals surface area contributed by atoms with E-state index in [2.05, 4.69) is 0 Å². The van der Waals surface area contributed by atoms with Gasteiger partial charge >= 0.3 is 0 Å². The predicted molar refractivity (Wildman–Crippen MR) is 76.7 cm³/mol. The highest BCUT2D eigenvalue weighted by molar-refractivity contribution is 8.13. The van der Waals surface area contributed by atoms with Crippen LogP contribution in [0.4, 0.5) is 0 Å².